The Morgan fingerprint density at radius 3 is 2.68 bits per heavy atom. The molecule has 3 N–H and O–H groups in total. The smallest absolute Gasteiger partial charge is 0.258 e. The van der Waals surface area contributed by atoms with E-state index in [4.69, 9.17) is 10.5 Å². The fraction of sp³-hybridized carbons (Fsp3) is 0.385. The van der Waals surface area contributed by atoms with E-state index in [0.29, 0.717) is 17.9 Å². The van der Waals surface area contributed by atoms with Gasteiger partial charge < -0.3 is 15.8 Å². The van der Waals surface area contributed by atoms with Gasteiger partial charge >= 0.3 is 0 Å². The zero-order chi connectivity index (χ0) is 13.5. The van der Waals surface area contributed by atoms with Crippen LogP contribution >= 0.6 is 12.4 Å². The highest BCUT2D eigenvalue weighted by molar-refractivity contribution is 5.94. The lowest BCUT2D eigenvalue weighted by Crippen LogP contribution is -2.40. The number of nitrogens with one attached hydrogen (secondary N) is 1. The molecule has 0 saturated heterocycles. The minimum absolute atomic E-state index is 0. The normalized spacial score (nSPS) is 11.1. The second-order valence-corrected chi connectivity index (χ2v) is 4.08. The highest BCUT2D eigenvalue weighted by atomic mass is 35.5. The first-order valence-electron chi connectivity index (χ1n) is 5.76. The van der Waals surface area contributed by atoms with Gasteiger partial charge in [-0.05, 0) is 26.0 Å². The predicted octanol–water partition coefficient (Wildman–Crippen LogP) is 1.15. The van der Waals surface area contributed by atoms with Crippen LogP contribution in [0.4, 0.5) is 0 Å². The number of rotatable bonds is 6. The van der Waals surface area contributed by atoms with Crippen LogP contribution in [0.25, 0.3) is 0 Å². The monoisotopic (exact) mass is 286 g/mol. The van der Waals surface area contributed by atoms with Crippen molar-refractivity contribution in [3.8, 4) is 5.75 Å². The molecule has 0 heterocycles. The third-order valence-corrected chi connectivity index (χ3v) is 2.37. The number of ether oxygens (including phenoxy) is 1. The number of hydrogen-bond donors (Lipinski definition) is 2. The van der Waals surface area contributed by atoms with Crippen molar-refractivity contribution >= 4 is 24.1 Å². The molecule has 0 aliphatic carbocycles. The molecule has 0 aliphatic rings. The van der Waals surface area contributed by atoms with Crippen LogP contribution in [-0.2, 0) is 4.79 Å². The van der Waals surface area contributed by atoms with Crippen LogP contribution in [0.1, 0.15) is 24.2 Å². The van der Waals surface area contributed by atoms with Crippen molar-refractivity contribution in [1.29, 1.82) is 0 Å². The molecule has 106 valence electrons. The summed E-state index contributed by atoms with van der Waals surface area (Å²) < 4.78 is 5.30. The summed E-state index contributed by atoms with van der Waals surface area (Å²) in [6, 6.07) is 6.65. The van der Waals surface area contributed by atoms with Crippen LogP contribution < -0.4 is 15.8 Å². The summed E-state index contributed by atoms with van der Waals surface area (Å²) in [5, 5.41) is 2.68. The predicted molar refractivity (Wildman–Crippen MR) is 75.8 cm³/mol. The van der Waals surface area contributed by atoms with Crippen LogP contribution in [0, 0.1) is 0 Å². The molecule has 0 aromatic heterocycles. The van der Waals surface area contributed by atoms with Gasteiger partial charge in [-0.1, -0.05) is 12.1 Å². The van der Waals surface area contributed by atoms with Gasteiger partial charge in [0.05, 0.1) is 0 Å². The first-order chi connectivity index (χ1) is 8.52. The molecule has 0 saturated carbocycles. The second-order valence-electron chi connectivity index (χ2n) is 4.08. The average Bonchev–Trinajstić information content (AvgIpc) is 2.36. The van der Waals surface area contributed by atoms with E-state index in [1.54, 1.807) is 24.3 Å². The molecular formula is C13H19ClN2O3. The molecule has 1 rings (SSSR count). The number of hydrogen-bond acceptors (Lipinski definition) is 4. The SMILES string of the molecule is CC(=O)c1cccc(OCC(=O)N[C@@H](C)CN)c1.Cl. The van der Waals surface area contributed by atoms with Crippen molar-refractivity contribution in [2.75, 3.05) is 13.2 Å². The molecular weight excluding hydrogens is 268 g/mol. The fourth-order valence-electron chi connectivity index (χ4n) is 1.33. The third-order valence-electron chi connectivity index (χ3n) is 2.37. The molecule has 1 aromatic rings. The molecule has 6 heteroatoms. The highest BCUT2D eigenvalue weighted by Gasteiger charge is 2.07. The van der Waals surface area contributed by atoms with Crippen molar-refractivity contribution in [3.63, 3.8) is 0 Å². The topological polar surface area (TPSA) is 81.4 Å². The summed E-state index contributed by atoms with van der Waals surface area (Å²) in [6.45, 7) is 3.58. The van der Waals surface area contributed by atoms with E-state index >= 15 is 0 Å². The molecule has 19 heavy (non-hydrogen) atoms. The van der Waals surface area contributed by atoms with E-state index in [1.807, 2.05) is 6.92 Å². The Labute approximate surface area is 118 Å². The first-order valence-corrected chi connectivity index (χ1v) is 5.76. The van der Waals surface area contributed by atoms with Crippen LogP contribution in [-0.4, -0.2) is 30.9 Å². The van der Waals surface area contributed by atoms with Gasteiger partial charge in [0.15, 0.2) is 12.4 Å². The minimum atomic E-state index is -0.235. The molecule has 0 radical (unpaired) electrons. The van der Waals surface area contributed by atoms with E-state index < -0.39 is 0 Å². The lowest BCUT2D eigenvalue weighted by molar-refractivity contribution is -0.123. The highest BCUT2D eigenvalue weighted by Crippen LogP contribution is 2.13. The average molecular weight is 287 g/mol. The maximum Gasteiger partial charge on any atom is 0.258 e. The van der Waals surface area contributed by atoms with Gasteiger partial charge in [0, 0.05) is 18.2 Å². The molecule has 0 unspecified atom stereocenters. The molecule has 1 amide bonds. The van der Waals surface area contributed by atoms with Crippen molar-refractivity contribution in [2.24, 2.45) is 5.73 Å². The van der Waals surface area contributed by atoms with Crippen LogP contribution in [0.15, 0.2) is 24.3 Å². The lowest BCUT2D eigenvalue weighted by atomic mass is 10.1. The van der Waals surface area contributed by atoms with Crippen LogP contribution in [0.3, 0.4) is 0 Å². The van der Waals surface area contributed by atoms with Gasteiger partial charge in [-0.2, -0.15) is 0 Å². The van der Waals surface area contributed by atoms with Crippen LogP contribution in [0.2, 0.25) is 0 Å². The van der Waals surface area contributed by atoms with Gasteiger partial charge in [-0.15, -0.1) is 12.4 Å². The molecule has 0 fully saturated rings. The Balaban J connectivity index is 0.00000324. The zero-order valence-electron chi connectivity index (χ0n) is 11.0. The Morgan fingerprint density at radius 1 is 1.42 bits per heavy atom. The van der Waals surface area contributed by atoms with Crippen molar-refractivity contribution in [2.45, 2.75) is 19.9 Å². The Bertz CT molecular complexity index is 438. The summed E-state index contributed by atoms with van der Waals surface area (Å²) in [5.74, 6) is 0.223. The molecule has 0 bridgehead atoms. The van der Waals surface area contributed by atoms with Crippen molar-refractivity contribution in [1.82, 2.24) is 5.32 Å². The minimum Gasteiger partial charge on any atom is -0.484 e. The van der Waals surface area contributed by atoms with Crippen LogP contribution in [0.5, 0.6) is 5.75 Å². The van der Waals surface area contributed by atoms with E-state index in [1.165, 1.54) is 6.92 Å². The molecule has 5 nitrogen and oxygen atoms in total. The van der Waals surface area contributed by atoms with Crippen molar-refractivity contribution in [3.05, 3.63) is 29.8 Å². The lowest BCUT2D eigenvalue weighted by Gasteiger charge is -2.12. The summed E-state index contributed by atoms with van der Waals surface area (Å²) in [5.41, 5.74) is 5.95. The maximum absolute atomic E-state index is 11.4. The maximum atomic E-state index is 11.4. The number of ketones is 1. The number of carbonyl (C=O) groups is 2. The van der Waals surface area contributed by atoms with Crippen molar-refractivity contribution < 1.29 is 14.3 Å². The number of amides is 1. The first kappa shape index (κ1) is 17.4. The number of benzene rings is 1. The number of halogens is 1. The second kappa shape index (κ2) is 8.50. The molecule has 1 atom stereocenters. The zero-order valence-corrected chi connectivity index (χ0v) is 11.8. The van der Waals surface area contributed by atoms with Gasteiger partial charge in [0.25, 0.3) is 5.91 Å². The van der Waals surface area contributed by atoms with Gasteiger partial charge in [-0.3, -0.25) is 9.59 Å². The number of Topliss-reactive ketones (excluding diaryl/α,β-unsaturated/α-hetero) is 1. The summed E-state index contributed by atoms with van der Waals surface area (Å²) >= 11 is 0. The van der Waals surface area contributed by atoms with E-state index in [-0.39, 0.29) is 36.7 Å². The third kappa shape index (κ3) is 6.22. The molecule has 1 aromatic carbocycles. The Kier molecular flexibility index (Phi) is 7.79. The van der Waals surface area contributed by atoms with Gasteiger partial charge in [0.1, 0.15) is 5.75 Å². The summed E-state index contributed by atoms with van der Waals surface area (Å²) in [7, 11) is 0. The largest absolute Gasteiger partial charge is 0.484 e. The Morgan fingerprint density at radius 2 is 2.11 bits per heavy atom. The fourth-order valence-corrected chi connectivity index (χ4v) is 1.33. The van der Waals surface area contributed by atoms with E-state index in [2.05, 4.69) is 5.32 Å². The van der Waals surface area contributed by atoms with Gasteiger partial charge in [-0.25, -0.2) is 0 Å². The molecule has 0 aliphatic heterocycles. The molecule has 0 spiro atoms. The number of carbonyl (C=O) groups excluding carboxylic acids is 2. The summed E-state index contributed by atoms with van der Waals surface area (Å²) in [6.07, 6.45) is 0. The number of nitrogens with two attached hydrogens (primary N) is 1. The van der Waals surface area contributed by atoms with E-state index in [9.17, 15) is 9.59 Å². The standard InChI is InChI=1S/C13H18N2O3.ClH/c1-9(7-14)15-13(17)8-18-12-5-3-4-11(6-12)10(2)16;/h3-6,9H,7-8,14H2,1-2H3,(H,15,17);1H/t9-;/m0./s1. The Hall–Kier alpha value is -1.59. The quantitative estimate of drug-likeness (QED) is 0.769. The van der Waals surface area contributed by atoms with E-state index in [0.717, 1.165) is 0 Å². The summed E-state index contributed by atoms with van der Waals surface area (Å²) in [4.78, 5) is 22.6. The van der Waals surface area contributed by atoms with Gasteiger partial charge in [0.2, 0.25) is 0 Å².